The van der Waals surface area contributed by atoms with Crippen LogP contribution in [0.5, 0.6) is 0 Å². The van der Waals surface area contributed by atoms with Gasteiger partial charge in [0.05, 0.1) is 9.92 Å². The summed E-state index contributed by atoms with van der Waals surface area (Å²) in [5, 5.41) is 8.60. The molecule has 0 saturated carbocycles. The van der Waals surface area contributed by atoms with Gasteiger partial charge in [0.2, 0.25) is 10.0 Å². The van der Waals surface area contributed by atoms with Crippen LogP contribution in [0.15, 0.2) is 28.0 Å². The summed E-state index contributed by atoms with van der Waals surface area (Å²) in [7, 11) is -7.38. The molecule has 1 aromatic rings. The second-order valence-electron chi connectivity index (χ2n) is 4.55. The minimum Gasteiger partial charge on any atom is -0.396 e. The maximum atomic E-state index is 12.1. The largest absolute Gasteiger partial charge is 0.396 e. The van der Waals surface area contributed by atoms with E-state index in [-0.39, 0.29) is 28.0 Å². The third-order valence-corrected chi connectivity index (χ3v) is 5.80. The van der Waals surface area contributed by atoms with Gasteiger partial charge in [0.15, 0.2) is 9.84 Å². The van der Waals surface area contributed by atoms with E-state index in [2.05, 4.69) is 4.72 Å². The summed E-state index contributed by atoms with van der Waals surface area (Å²) in [6, 6.07) is 3.56. The lowest BCUT2D eigenvalue weighted by Crippen LogP contribution is -2.25. The summed E-state index contributed by atoms with van der Waals surface area (Å²) in [6.45, 7) is 0.261. The molecule has 0 heterocycles. The fraction of sp³-hybridized carbons (Fsp3) is 0.500. The smallest absolute Gasteiger partial charge is 0.242 e. The fourth-order valence-electron chi connectivity index (χ4n) is 1.62. The van der Waals surface area contributed by atoms with Crippen LogP contribution in [-0.4, -0.2) is 41.3 Å². The van der Waals surface area contributed by atoms with E-state index >= 15 is 0 Å². The summed E-state index contributed by atoms with van der Waals surface area (Å²) in [5.41, 5.74) is 0. The molecule has 0 radical (unpaired) electrons. The Bertz CT molecular complexity index is 686. The standard InChI is InChI=1S/C12H18ClNO5S2/c1-20(16,17)10-5-6-11(13)12(9-10)21(18,19)14-7-3-2-4-8-15/h5-6,9,14-15H,2-4,7-8H2,1H3. The topological polar surface area (TPSA) is 101 Å². The quantitative estimate of drug-likeness (QED) is 0.682. The molecule has 0 spiro atoms. The predicted octanol–water partition coefficient (Wildman–Crippen LogP) is 1.18. The van der Waals surface area contributed by atoms with Gasteiger partial charge in [0, 0.05) is 19.4 Å². The lowest BCUT2D eigenvalue weighted by Gasteiger charge is -2.09. The van der Waals surface area contributed by atoms with E-state index in [1.165, 1.54) is 12.1 Å². The Morgan fingerprint density at radius 1 is 1.14 bits per heavy atom. The highest BCUT2D eigenvalue weighted by Gasteiger charge is 2.20. The number of unbranched alkanes of at least 4 members (excludes halogenated alkanes) is 2. The van der Waals surface area contributed by atoms with Crippen molar-refractivity contribution in [2.75, 3.05) is 19.4 Å². The first kappa shape index (κ1) is 18.4. The summed E-state index contributed by atoms with van der Waals surface area (Å²) in [5.74, 6) is 0. The molecule has 6 nitrogen and oxygen atoms in total. The van der Waals surface area contributed by atoms with Crippen molar-refractivity contribution in [3.63, 3.8) is 0 Å². The first-order valence-corrected chi connectivity index (χ1v) is 10.0. The fourth-order valence-corrected chi connectivity index (χ4v) is 3.94. The van der Waals surface area contributed by atoms with Crippen LogP contribution in [-0.2, 0) is 19.9 Å². The average molecular weight is 356 g/mol. The molecule has 0 atom stereocenters. The maximum Gasteiger partial charge on any atom is 0.242 e. The number of aliphatic hydroxyl groups is 1. The minimum absolute atomic E-state index is 0.0368. The van der Waals surface area contributed by atoms with Crippen molar-refractivity contribution in [2.45, 2.75) is 29.1 Å². The Hall–Kier alpha value is -0.670. The van der Waals surface area contributed by atoms with Crippen molar-refractivity contribution in [3.8, 4) is 0 Å². The Morgan fingerprint density at radius 3 is 2.38 bits per heavy atom. The van der Waals surface area contributed by atoms with Gasteiger partial charge in [-0.15, -0.1) is 0 Å². The normalized spacial score (nSPS) is 12.5. The average Bonchev–Trinajstić information content (AvgIpc) is 2.37. The molecule has 21 heavy (non-hydrogen) atoms. The van der Waals surface area contributed by atoms with Crippen molar-refractivity contribution < 1.29 is 21.9 Å². The molecule has 120 valence electrons. The lowest BCUT2D eigenvalue weighted by molar-refractivity contribution is 0.283. The molecule has 0 saturated heterocycles. The summed E-state index contributed by atoms with van der Waals surface area (Å²) in [6.07, 6.45) is 2.86. The van der Waals surface area contributed by atoms with Gasteiger partial charge in [0.1, 0.15) is 4.90 Å². The molecule has 0 aliphatic rings. The van der Waals surface area contributed by atoms with Crippen LogP contribution in [0, 0.1) is 0 Å². The van der Waals surface area contributed by atoms with E-state index in [1.807, 2.05) is 0 Å². The van der Waals surface area contributed by atoms with Gasteiger partial charge in [-0.3, -0.25) is 0 Å². The second-order valence-corrected chi connectivity index (χ2v) is 8.70. The molecular weight excluding hydrogens is 338 g/mol. The highest BCUT2D eigenvalue weighted by Crippen LogP contribution is 2.24. The Morgan fingerprint density at radius 2 is 1.81 bits per heavy atom. The van der Waals surface area contributed by atoms with E-state index in [0.29, 0.717) is 19.3 Å². The van der Waals surface area contributed by atoms with Crippen LogP contribution in [0.1, 0.15) is 19.3 Å². The maximum absolute atomic E-state index is 12.1. The number of sulfone groups is 1. The van der Waals surface area contributed by atoms with Crippen LogP contribution in [0.25, 0.3) is 0 Å². The number of benzene rings is 1. The van der Waals surface area contributed by atoms with Crippen molar-refractivity contribution in [2.24, 2.45) is 0 Å². The van der Waals surface area contributed by atoms with Gasteiger partial charge < -0.3 is 5.11 Å². The molecule has 1 aromatic carbocycles. The zero-order valence-corrected chi connectivity index (χ0v) is 13.9. The van der Waals surface area contributed by atoms with Crippen molar-refractivity contribution in [3.05, 3.63) is 23.2 Å². The van der Waals surface area contributed by atoms with Crippen molar-refractivity contribution in [1.82, 2.24) is 4.72 Å². The number of halogens is 1. The number of hydrogen-bond acceptors (Lipinski definition) is 5. The molecule has 0 aliphatic carbocycles. The molecule has 0 amide bonds. The number of sulfonamides is 1. The van der Waals surface area contributed by atoms with Crippen molar-refractivity contribution in [1.29, 1.82) is 0 Å². The first-order valence-electron chi connectivity index (χ1n) is 6.28. The number of aliphatic hydroxyl groups excluding tert-OH is 1. The summed E-state index contributed by atoms with van der Waals surface area (Å²) < 4.78 is 49.6. The van der Waals surface area contributed by atoms with Crippen LogP contribution < -0.4 is 4.72 Å². The number of hydrogen-bond donors (Lipinski definition) is 2. The van der Waals surface area contributed by atoms with Gasteiger partial charge in [-0.2, -0.15) is 0 Å². The molecule has 1 rings (SSSR count). The van der Waals surface area contributed by atoms with Crippen LogP contribution in [0.4, 0.5) is 0 Å². The Balaban J connectivity index is 2.92. The molecule has 0 fully saturated rings. The van der Waals surface area contributed by atoms with Gasteiger partial charge in [-0.25, -0.2) is 21.6 Å². The predicted molar refractivity (Wildman–Crippen MR) is 80.7 cm³/mol. The van der Waals surface area contributed by atoms with E-state index in [1.54, 1.807) is 0 Å². The van der Waals surface area contributed by atoms with E-state index in [4.69, 9.17) is 16.7 Å². The third-order valence-electron chi connectivity index (χ3n) is 2.75. The lowest BCUT2D eigenvalue weighted by atomic mass is 10.2. The highest BCUT2D eigenvalue weighted by atomic mass is 35.5. The zero-order chi connectivity index (χ0) is 16.1. The third kappa shape index (κ3) is 5.55. The van der Waals surface area contributed by atoms with Crippen LogP contribution >= 0.6 is 11.6 Å². The second kappa shape index (κ2) is 7.55. The SMILES string of the molecule is CS(=O)(=O)c1ccc(Cl)c(S(=O)(=O)NCCCCCO)c1. The molecule has 0 unspecified atom stereocenters. The molecule has 0 aromatic heterocycles. The van der Waals surface area contributed by atoms with Crippen LogP contribution in [0.2, 0.25) is 5.02 Å². The van der Waals surface area contributed by atoms with E-state index in [9.17, 15) is 16.8 Å². The Labute approximate surface area is 130 Å². The van der Waals surface area contributed by atoms with E-state index in [0.717, 1.165) is 12.3 Å². The van der Waals surface area contributed by atoms with Gasteiger partial charge in [0.25, 0.3) is 0 Å². The van der Waals surface area contributed by atoms with E-state index < -0.39 is 19.9 Å². The van der Waals surface area contributed by atoms with Crippen molar-refractivity contribution >= 4 is 31.5 Å². The highest BCUT2D eigenvalue weighted by molar-refractivity contribution is 7.91. The molecule has 2 N–H and O–H groups in total. The van der Waals surface area contributed by atoms with Gasteiger partial charge in [-0.05, 0) is 37.5 Å². The number of rotatable bonds is 8. The van der Waals surface area contributed by atoms with Gasteiger partial charge >= 0.3 is 0 Å². The molecule has 0 aliphatic heterocycles. The monoisotopic (exact) mass is 355 g/mol. The Kier molecular flexibility index (Phi) is 6.61. The summed E-state index contributed by atoms with van der Waals surface area (Å²) in [4.78, 5) is -0.359. The molecular formula is C12H18ClNO5S2. The minimum atomic E-state index is -3.87. The molecule has 9 heteroatoms. The number of nitrogens with one attached hydrogen (secondary N) is 1. The zero-order valence-electron chi connectivity index (χ0n) is 11.5. The first-order chi connectivity index (χ1) is 9.68. The van der Waals surface area contributed by atoms with Gasteiger partial charge in [-0.1, -0.05) is 11.6 Å². The van der Waals surface area contributed by atoms with Crippen LogP contribution in [0.3, 0.4) is 0 Å². The molecule has 0 bridgehead atoms. The summed E-state index contributed by atoms with van der Waals surface area (Å²) >= 11 is 5.85.